The van der Waals surface area contributed by atoms with Crippen LogP contribution < -0.4 is 0 Å². The summed E-state index contributed by atoms with van der Waals surface area (Å²) < 4.78 is 38.4. The molecule has 2 aliphatic heterocycles. The molecule has 0 radical (unpaired) electrons. The highest BCUT2D eigenvalue weighted by atomic mass is 19.4. The Morgan fingerprint density at radius 2 is 2.09 bits per heavy atom. The molecule has 0 saturated heterocycles. The molecule has 0 fully saturated rings. The van der Waals surface area contributed by atoms with Crippen molar-refractivity contribution in [2.75, 3.05) is 19.6 Å². The summed E-state index contributed by atoms with van der Waals surface area (Å²) in [5.41, 5.74) is 1.69. The van der Waals surface area contributed by atoms with E-state index < -0.39 is 11.9 Å². The number of aromatic nitrogens is 1. The molecular formula is C15H14F3N3O. The number of aliphatic imine (C=N–C) groups is 1. The Morgan fingerprint density at radius 1 is 1.32 bits per heavy atom. The third-order valence-electron chi connectivity index (χ3n) is 3.90. The second kappa shape index (κ2) is 5.23. The van der Waals surface area contributed by atoms with Crippen LogP contribution in [0.1, 0.15) is 24.7 Å². The van der Waals surface area contributed by atoms with E-state index in [0.29, 0.717) is 31.8 Å². The molecule has 0 spiro atoms. The molecule has 0 aromatic carbocycles. The summed E-state index contributed by atoms with van der Waals surface area (Å²) >= 11 is 0. The maximum atomic E-state index is 12.8. The first-order chi connectivity index (χ1) is 10.4. The van der Waals surface area contributed by atoms with Gasteiger partial charge in [0.05, 0.1) is 18.0 Å². The maximum absolute atomic E-state index is 12.8. The van der Waals surface area contributed by atoms with Crippen LogP contribution in [0.25, 0.3) is 0 Å². The lowest BCUT2D eigenvalue weighted by Gasteiger charge is -2.27. The van der Waals surface area contributed by atoms with Gasteiger partial charge in [0, 0.05) is 25.6 Å². The molecule has 116 valence electrons. The predicted octanol–water partition coefficient (Wildman–Crippen LogP) is 2.45. The third kappa shape index (κ3) is 2.63. The van der Waals surface area contributed by atoms with Crippen molar-refractivity contribution in [3.05, 3.63) is 40.7 Å². The minimum atomic E-state index is -4.48. The Labute approximate surface area is 125 Å². The van der Waals surface area contributed by atoms with Crippen LogP contribution in [-0.2, 0) is 11.0 Å². The van der Waals surface area contributed by atoms with E-state index in [1.165, 1.54) is 19.1 Å². The summed E-state index contributed by atoms with van der Waals surface area (Å²) in [6.07, 6.45) is -3.77. The van der Waals surface area contributed by atoms with Gasteiger partial charge in [0.25, 0.3) is 0 Å². The highest BCUT2D eigenvalue weighted by Crippen LogP contribution is 2.30. The largest absolute Gasteiger partial charge is 0.433 e. The number of alkyl halides is 3. The zero-order chi connectivity index (χ0) is 15.9. The molecule has 0 atom stereocenters. The molecule has 0 bridgehead atoms. The predicted molar refractivity (Wildman–Crippen MR) is 74.5 cm³/mol. The van der Waals surface area contributed by atoms with E-state index in [2.05, 4.69) is 9.98 Å². The fourth-order valence-electron chi connectivity index (χ4n) is 2.72. The van der Waals surface area contributed by atoms with E-state index in [1.807, 2.05) is 0 Å². The summed E-state index contributed by atoms with van der Waals surface area (Å²) in [5.74, 6) is -0.0465. The molecule has 3 rings (SSSR count). The molecule has 0 unspecified atom stereocenters. The fraction of sp³-hybridized carbons (Fsp3) is 0.400. The number of amides is 1. The van der Waals surface area contributed by atoms with Crippen molar-refractivity contribution in [3.8, 4) is 0 Å². The maximum Gasteiger partial charge on any atom is 0.433 e. The monoisotopic (exact) mass is 309 g/mol. The normalized spacial score (nSPS) is 18.4. The smallest absolute Gasteiger partial charge is 0.338 e. The van der Waals surface area contributed by atoms with Gasteiger partial charge in [-0.2, -0.15) is 13.2 Å². The van der Waals surface area contributed by atoms with Gasteiger partial charge in [0.1, 0.15) is 5.69 Å². The summed E-state index contributed by atoms with van der Waals surface area (Å²) in [6.45, 7) is 2.99. The van der Waals surface area contributed by atoms with Gasteiger partial charge in [0.2, 0.25) is 5.91 Å². The molecule has 4 nitrogen and oxygen atoms in total. The average Bonchev–Trinajstić information content (AvgIpc) is 2.89. The zero-order valence-corrected chi connectivity index (χ0v) is 11.9. The first-order valence-corrected chi connectivity index (χ1v) is 6.92. The molecule has 1 aromatic heterocycles. The van der Waals surface area contributed by atoms with Crippen molar-refractivity contribution >= 4 is 11.6 Å². The topological polar surface area (TPSA) is 45.6 Å². The number of hydrogen-bond acceptors (Lipinski definition) is 3. The highest BCUT2D eigenvalue weighted by Gasteiger charge is 2.34. The number of carbonyl (C=O) groups excluding carboxylic acids is 1. The van der Waals surface area contributed by atoms with E-state index in [4.69, 9.17) is 0 Å². The van der Waals surface area contributed by atoms with Gasteiger partial charge >= 0.3 is 6.18 Å². The summed E-state index contributed by atoms with van der Waals surface area (Å²) in [5, 5.41) is 0. The fourth-order valence-corrected chi connectivity index (χ4v) is 2.72. The lowest BCUT2D eigenvalue weighted by molar-refractivity contribution is -0.141. The first-order valence-electron chi connectivity index (χ1n) is 6.92. The van der Waals surface area contributed by atoms with Crippen molar-refractivity contribution in [2.45, 2.75) is 19.5 Å². The summed E-state index contributed by atoms with van der Waals surface area (Å²) in [6, 6.07) is 3.80. The van der Waals surface area contributed by atoms with Gasteiger partial charge in [-0.15, -0.1) is 0 Å². The van der Waals surface area contributed by atoms with Gasteiger partial charge in [-0.05, 0) is 24.1 Å². The first kappa shape index (κ1) is 14.7. The van der Waals surface area contributed by atoms with Gasteiger partial charge in [0.15, 0.2) is 0 Å². The number of nitrogens with zero attached hydrogens (tertiary/aromatic N) is 3. The second-order valence-electron chi connectivity index (χ2n) is 5.34. The number of hydrogen-bond donors (Lipinski definition) is 0. The standard InChI is InChI=1S/C15H14F3N3O/c1-9(22)21-6-5-10-7-19-14(11(10)8-21)12-3-2-4-13(20-12)15(16,17)18/h2-4H,5-8H2,1H3. The Hall–Kier alpha value is -2.18. The molecule has 2 aliphatic rings. The second-order valence-corrected chi connectivity index (χ2v) is 5.34. The van der Waals surface area contributed by atoms with Crippen LogP contribution in [0.4, 0.5) is 13.2 Å². The minimum absolute atomic E-state index is 0.0465. The molecule has 0 aliphatic carbocycles. The number of halogens is 3. The molecule has 1 aromatic rings. The average molecular weight is 309 g/mol. The zero-order valence-electron chi connectivity index (χ0n) is 11.9. The van der Waals surface area contributed by atoms with Crippen molar-refractivity contribution in [1.82, 2.24) is 9.88 Å². The SMILES string of the molecule is CC(=O)N1CCC2=C(C1)C(c1cccc(C(F)(F)F)n1)=NC2. The molecule has 3 heterocycles. The lowest BCUT2D eigenvalue weighted by Crippen LogP contribution is -2.36. The molecule has 0 saturated carbocycles. The number of rotatable bonds is 1. The quantitative estimate of drug-likeness (QED) is 0.800. The summed E-state index contributed by atoms with van der Waals surface area (Å²) in [4.78, 5) is 21.2. The van der Waals surface area contributed by atoms with Crippen LogP contribution in [-0.4, -0.2) is 41.1 Å². The van der Waals surface area contributed by atoms with E-state index in [-0.39, 0.29) is 11.6 Å². The van der Waals surface area contributed by atoms with Gasteiger partial charge in [-0.25, -0.2) is 4.98 Å². The highest BCUT2D eigenvalue weighted by molar-refractivity contribution is 6.14. The Bertz CT molecular complexity index is 692. The van der Waals surface area contributed by atoms with Gasteiger partial charge < -0.3 is 4.90 Å². The van der Waals surface area contributed by atoms with Crippen molar-refractivity contribution in [2.24, 2.45) is 4.99 Å². The lowest BCUT2D eigenvalue weighted by atomic mass is 9.97. The van der Waals surface area contributed by atoms with Crippen LogP contribution in [0.2, 0.25) is 0 Å². The molecule has 0 N–H and O–H groups in total. The van der Waals surface area contributed by atoms with Gasteiger partial charge in [-0.1, -0.05) is 6.07 Å². The van der Waals surface area contributed by atoms with E-state index in [1.54, 1.807) is 4.90 Å². The van der Waals surface area contributed by atoms with Crippen molar-refractivity contribution < 1.29 is 18.0 Å². The van der Waals surface area contributed by atoms with Crippen LogP contribution >= 0.6 is 0 Å². The third-order valence-corrected chi connectivity index (χ3v) is 3.90. The Kier molecular flexibility index (Phi) is 3.50. The molecule has 22 heavy (non-hydrogen) atoms. The van der Waals surface area contributed by atoms with Crippen LogP contribution in [0.3, 0.4) is 0 Å². The molecular weight excluding hydrogens is 295 g/mol. The minimum Gasteiger partial charge on any atom is -0.338 e. The molecule has 7 heteroatoms. The van der Waals surface area contributed by atoms with E-state index in [0.717, 1.165) is 17.2 Å². The van der Waals surface area contributed by atoms with Crippen molar-refractivity contribution in [3.63, 3.8) is 0 Å². The van der Waals surface area contributed by atoms with E-state index >= 15 is 0 Å². The number of carbonyl (C=O) groups is 1. The number of pyridine rings is 1. The van der Waals surface area contributed by atoms with Crippen LogP contribution in [0, 0.1) is 0 Å². The van der Waals surface area contributed by atoms with Crippen LogP contribution in [0.15, 0.2) is 34.3 Å². The molecule has 1 amide bonds. The Balaban J connectivity index is 1.93. The van der Waals surface area contributed by atoms with Crippen molar-refractivity contribution in [1.29, 1.82) is 0 Å². The van der Waals surface area contributed by atoms with E-state index in [9.17, 15) is 18.0 Å². The van der Waals surface area contributed by atoms with Crippen LogP contribution in [0.5, 0.6) is 0 Å². The van der Waals surface area contributed by atoms with Gasteiger partial charge in [-0.3, -0.25) is 9.79 Å². The Morgan fingerprint density at radius 3 is 2.77 bits per heavy atom. The summed E-state index contributed by atoms with van der Waals surface area (Å²) in [7, 11) is 0.